The number of hydrazine groups is 1. The molecule has 3 rings (SSSR count). The number of benzene rings is 1. The summed E-state index contributed by atoms with van der Waals surface area (Å²) >= 11 is 0. The van der Waals surface area contributed by atoms with Gasteiger partial charge in [0.2, 0.25) is 0 Å². The zero-order chi connectivity index (χ0) is 9.38. The van der Waals surface area contributed by atoms with Crippen molar-refractivity contribution in [3.05, 3.63) is 47.5 Å². The fraction of sp³-hybridized carbons (Fsp3) is 0.333. The van der Waals surface area contributed by atoms with Crippen molar-refractivity contribution in [2.24, 2.45) is 0 Å². The van der Waals surface area contributed by atoms with E-state index in [1.165, 1.54) is 11.1 Å². The Kier molecular flexibility index (Phi) is 1.89. The van der Waals surface area contributed by atoms with Crippen molar-refractivity contribution in [2.75, 3.05) is 13.1 Å². The minimum atomic E-state index is 1.06. The summed E-state index contributed by atoms with van der Waals surface area (Å²) in [5.41, 5.74) is 2.97. The topological polar surface area (TPSA) is 6.48 Å². The van der Waals surface area contributed by atoms with Crippen molar-refractivity contribution in [1.82, 2.24) is 10.0 Å². The van der Waals surface area contributed by atoms with Crippen molar-refractivity contribution < 1.29 is 0 Å². The summed E-state index contributed by atoms with van der Waals surface area (Å²) in [7, 11) is 0. The van der Waals surface area contributed by atoms with Gasteiger partial charge in [-0.05, 0) is 11.1 Å². The number of nitrogens with zero attached hydrogens (tertiary/aromatic N) is 2. The maximum absolute atomic E-state index is 2.42. The van der Waals surface area contributed by atoms with E-state index in [1.807, 2.05) is 0 Å². The van der Waals surface area contributed by atoms with Gasteiger partial charge in [0.05, 0.1) is 0 Å². The lowest BCUT2D eigenvalue weighted by atomic mass is 10.0. The van der Waals surface area contributed by atoms with E-state index in [9.17, 15) is 0 Å². The van der Waals surface area contributed by atoms with Gasteiger partial charge in [-0.25, -0.2) is 10.0 Å². The normalized spacial score (nSPS) is 21.7. The first-order chi connectivity index (χ1) is 6.93. The van der Waals surface area contributed by atoms with Gasteiger partial charge in [0.1, 0.15) is 0 Å². The van der Waals surface area contributed by atoms with Crippen molar-refractivity contribution in [3.63, 3.8) is 0 Å². The average molecular weight is 186 g/mol. The maximum atomic E-state index is 2.42. The smallest absolute Gasteiger partial charge is 0.0391 e. The quantitative estimate of drug-likeness (QED) is 0.570. The molecule has 0 saturated heterocycles. The van der Waals surface area contributed by atoms with Gasteiger partial charge in [0, 0.05) is 26.2 Å². The Labute approximate surface area is 84.4 Å². The van der Waals surface area contributed by atoms with Gasteiger partial charge in [-0.2, -0.15) is 0 Å². The summed E-state index contributed by atoms with van der Waals surface area (Å²) in [5, 5.41) is 4.84. The molecule has 2 nitrogen and oxygen atoms in total. The van der Waals surface area contributed by atoms with E-state index in [0.29, 0.717) is 0 Å². The Hall–Kier alpha value is -1.12. The molecule has 0 amide bonds. The molecule has 0 aromatic heterocycles. The Morgan fingerprint density at radius 2 is 1.29 bits per heavy atom. The van der Waals surface area contributed by atoms with Crippen LogP contribution in [-0.4, -0.2) is 23.1 Å². The molecular formula is C12H14N2. The van der Waals surface area contributed by atoms with Gasteiger partial charge < -0.3 is 0 Å². The molecule has 0 N–H and O–H groups in total. The van der Waals surface area contributed by atoms with Crippen LogP contribution in [0.4, 0.5) is 0 Å². The van der Waals surface area contributed by atoms with Gasteiger partial charge in [0.15, 0.2) is 0 Å². The fourth-order valence-corrected chi connectivity index (χ4v) is 2.21. The van der Waals surface area contributed by atoms with Crippen molar-refractivity contribution >= 4 is 0 Å². The van der Waals surface area contributed by atoms with Gasteiger partial charge >= 0.3 is 0 Å². The van der Waals surface area contributed by atoms with Gasteiger partial charge in [-0.1, -0.05) is 36.4 Å². The van der Waals surface area contributed by atoms with Gasteiger partial charge in [0.25, 0.3) is 0 Å². The van der Waals surface area contributed by atoms with Crippen LogP contribution in [0.25, 0.3) is 0 Å². The molecule has 14 heavy (non-hydrogen) atoms. The van der Waals surface area contributed by atoms with Crippen LogP contribution in [0.15, 0.2) is 36.4 Å². The van der Waals surface area contributed by atoms with Crippen LogP contribution in [0.3, 0.4) is 0 Å². The first-order valence-corrected chi connectivity index (χ1v) is 5.15. The summed E-state index contributed by atoms with van der Waals surface area (Å²) in [6, 6.07) is 8.75. The van der Waals surface area contributed by atoms with Crippen LogP contribution < -0.4 is 0 Å². The van der Waals surface area contributed by atoms with Crippen LogP contribution >= 0.6 is 0 Å². The third-order valence-electron chi connectivity index (χ3n) is 3.02. The number of rotatable bonds is 0. The molecule has 0 aliphatic carbocycles. The zero-order valence-electron chi connectivity index (χ0n) is 8.19. The Bertz CT molecular complexity index is 335. The summed E-state index contributed by atoms with van der Waals surface area (Å²) < 4.78 is 0. The van der Waals surface area contributed by atoms with E-state index < -0.39 is 0 Å². The molecule has 2 heterocycles. The second-order valence-electron chi connectivity index (χ2n) is 3.93. The lowest BCUT2D eigenvalue weighted by Crippen LogP contribution is -2.47. The molecule has 2 aliphatic rings. The van der Waals surface area contributed by atoms with E-state index in [4.69, 9.17) is 0 Å². The van der Waals surface area contributed by atoms with Crippen LogP contribution in [0.1, 0.15) is 11.1 Å². The SMILES string of the molecule is C1=CCN2Cc3ccccc3CN2C1. The Balaban J connectivity index is 1.94. The molecule has 1 aromatic rings. The predicted molar refractivity (Wildman–Crippen MR) is 56.4 cm³/mol. The van der Waals surface area contributed by atoms with Gasteiger partial charge in [-0.3, -0.25) is 0 Å². The Morgan fingerprint density at radius 3 is 1.79 bits per heavy atom. The largest absolute Gasteiger partial charge is 0.233 e. The van der Waals surface area contributed by atoms with E-state index in [0.717, 1.165) is 26.2 Å². The predicted octanol–water partition coefficient (Wildman–Crippen LogP) is 1.79. The molecule has 0 bridgehead atoms. The number of fused-ring (bicyclic) bond motifs is 2. The highest BCUT2D eigenvalue weighted by Gasteiger charge is 2.23. The molecule has 2 heteroatoms. The first-order valence-electron chi connectivity index (χ1n) is 5.15. The number of hydrogen-bond donors (Lipinski definition) is 0. The zero-order valence-corrected chi connectivity index (χ0v) is 8.19. The van der Waals surface area contributed by atoms with Crippen LogP contribution in [-0.2, 0) is 13.1 Å². The van der Waals surface area contributed by atoms with Crippen molar-refractivity contribution in [2.45, 2.75) is 13.1 Å². The molecule has 1 aromatic carbocycles. The van der Waals surface area contributed by atoms with Crippen LogP contribution in [0.2, 0.25) is 0 Å². The highest BCUT2D eigenvalue weighted by atomic mass is 15.6. The van der Waals surface area contributed by atoms with E-state index in [1.54, 1.807) is 0 Å². The van der Waals surface area contributed by atoms with Crippen LogP contribution in [0.5, 0.6) is 0 Å². The third kappa shape index (κ3) is 1.27. The minimum absolute atomic E-state index is 1.06. The molecular weight excluding hydrogens is 172 g/mol. The average Bonchev–Trinajstić information content (AvgIpc) is 2.26. The molecule has 2 aliphatic heterocycles. The minimum Gasteiger partial charge on any atom is -0.233 e. The molecule has 0 fully saturated rings. The maximum Gasteiger partial charge on any atom is 0.0391 e. The first kappa shape index (κ1) is 8.21. The fourth-order valence-electron chi connectivity index (χ4n) is 2.21. The standard InChI is InChI=1S/C12H14N2/c1-2-6-12-10-14-8-4-3-7-13(14)9-11(12)5-1/h1-6H,7-10H2. The second-order valence-corrected chi connectivity index (χ2v) is 3.93. The lowest BCUT2D eigenvalue weighted by molar-refractivity contribution is -0.0387. The summed E-state index contributed by atoms with van der Waals surface area (Å²) in [6.07, 6.45) is 4.51. The molecule has 72 valence electrons. The van der Waals surface area contributed by atoms with Crippen molar-refractivity contribution in [1.29, 1.82) is 0 Å². The van der Waals surface area contributed by atoms with E-state index in [2.05, 4.69) is 46.4 Å². The van der Waals surface area contributed by atoms with E-state index in [-0.39, 0.29) is 0 Å². The summed E-state index contributed by atoms with van der Waals surface area (Å²) in [6.45, 7) is 4.27. The van der Waals surface area contributed by atoms with Gasteiger partial charge in [-0.15, -0.1) is 0 Å². The summed E-state index contributed by atoms with van der Waals surface area (Å²) in [4.78, 5) is 0. The molecule has 0 radical (unpaired) electrons. The van der Waals surface area contributed by atoms with Crippen LogP contribution in [0, 0.1) is 0 Å². The highest BCUT2D eigenvalue weighted by molar-refractivity contribution is 5.28. The molecule has 0 unspecified atom stereocenters. The lowest BCUT2D eigenvalue weighted by Gasteiger charge is -2.40. The van der Waals surface area contributed by atoms with Crippen molar-refractivity contribution in [3.8, 4) is 0 Å². The molecule has 0 spiro atoms. The van der Waals surface area contributed by atoms with E-state index >= 15 is 0 Å². The summed E-state index contributed by atoms with van der Waals surface area (Å²) in [5.74, 6) is 0. The number of hydrogen-bond acceptors (Lipinski definition) is 2. The molecule has 0 atom stereocenters. The molecule has 0 saturated carbocycles. The second kappa shape index (κ2) is 3.23. The third-order valence-corrected chi connectivity index (χ3v) is 3.02. The Morgan fingerprint density at radius 1 is 0.786 bits per heavy atom. The highest BCUT2D eigenvalue weighted by Crippen LogP contribution is 2.23. The monoisotopic (exact) mass is 186 g/mol.